The summed E-state index contributed by atoms with van der Waals surface area (Å²) in [4.78, 5) is 2.61. The second-order valence-corrected chi connectivity index (χ2v) is 6.06. The first-order valence-electron chi connectivity index (χ1n) is 7.80. The largest absolute Gasteiger partial charge is 0.314 e. The zero-order valence-electron chi connectivity index (χ0n) is 11.6. The molecule has 0 spiro atoms. The molecule has 0 unspecified atom stereocenters. The van der Waals surface area contributed by atoms with Crippen molar-refractivity contribution in [2.45, 2.75) is 76.3 Å². The Kier molecular flexibility index (Phi) is 5.79. The lowest BCUT2D eigenvalue weighted by molar-refractivity contribution is 0.240. The van der Waals surface area contributed by atoms with Crippen LogP contribution in [-0.2, 0) is 0 Å². The monoisotopic (exact) mass is 238 g/mol. The van der Waals surface area contributed by atoms with Gasteiger partial charge >= 0.3 is 0 Å². The second-order valence-electron chi connectivity index (χ2n) is 6.06. The zero-order chi connectivity index (χ0) is 11.9. The van der Waals surface area contributed by atoms with Crippen molar-refractivity contribution in [3.63, 3.8) is 0 Å². The Labute approximate surface area is 107 Å². The van der Waals surface area contributed by atoms with Crippen LogP contribution in [0.5, 0.6) is 0 Å². The van der Waals surface area contributed by atoms with Crippen LogP contribution < -0.4 is 5.32 Å². The van der Waals surface area contributed by atoms with Gasteiger partial charge in [-0.15, -0.1) is 0 Å². The third-order valence-corrected chi connectivity index (χ3v) is 4.40. The summed E-state index contributed by atoms with van der Waals surface area (Å²) in [6.45, 7) is 2.57. The Hall–Kier alpha value is -0.0800. The highest BCUT2D eigenvalue weighted by Crippen LogP contribution is 2.22. The van der Waals surface area contributed by atoms with E-state index in [0.717, 1.165) is 12.1 Å². The normalized spacial score (nSPS) is 21.5. The van der Waals surface area contributed by atoms with Gasteiger partial charge in [-0.3, -0.25) is 0 Å². The molecule has 1 N–H and O–H groups in total. The highest BCUT2D eigenvalue weighted by Gasteiger charge is 2.19. The summed E-state index contributed by atoms with van der Waals surface area (Å²) < 4.78 is 0. The number of hydrogen-bond acceptors (Lipinski definition) is 2. The minimum absolute atomic E-state index is 0.892. The van der Waals surface area contributed by atoms with Crippen molar-refractivity contribution in [3.8, 4) is 0 Å². The minimum atomic E-state index is 0.892. The molecule has 0 aromatic carbocycles. The summed E-state index contributed by atoms with van der Waals surface area (Å²) in [5.74, 6) is 0. The highest BCUT2D eigenvalue weighted by atomic mass is 15.1. The number of nitrogens with one attached hydrogen (secondary N) is 1. The molecule has 0 amide bonds. The maximum absolute atomic E-state index is 3.59. The van der Waals surface area contributed by atoms with Crippen molar-refractivity contribution in [1.29, 1.82) is 0 Å². The Morgan fingerprint density at radius 1 is 0.941 bits per heavy atom. The van der Waals surface area contributed by atoms with Crippen LogP contribution in [0.2, 0.25) is 0 Å². The quantitative estimate of drug-likeness (QED) is 0.621. The molecule has 2 aliphatic rings. The van der Waals surface area contributed by atoms with Crippen LogP contribution in [0.4, 0.5) is 0 Å². The van der Waals surface area contributed by atoms with Gasteiger partial charge < -0.3 is 10.2 Å². The molecule has 2 heteroatoms. The van der Waals surface area contributed by atoms with Gasteiger partial charge in [0.25, 0.3) is 0 Å². The number of unbranched alkanes of at least 4 members (excludes halogenated alkanes) is 3. The third-order valence-electron chi connectivity index (χ3n) is 4.40. The summed E-state index contributed by atoms with van der Waals surface area (Å²) in [5.41, 5.74) is 0. The molecule has 0 aromatic heterocycles. The molecule has 17 heavy (non-hydrogen) atoms. The topological polar surface area (TPSA) is 15.3 Å². The van der Waals surface area contributed by atoms with E-state index >= 15 is 0 Å². The van der Waals surface area contributed by atoms with Crippen LogP contribution in [0.15, 0.2) is 0 Å². The van der Waals surface area contributed by atoms with Gasteiger partial charge in [0.05, 0.1) is 0 Å². The van der Waals surface area contributed by atoms with E-state index in [-0.39, 0.29) is 0 Å². The molecule has 0 bridgehead atoms. The fourth-order valence-corrected chi connectivity index (χ4v) is 2.96. The molecule has 0 radical (unpaired) electrons. The molecule has 2 fully saturated rings. The van der Waals surface area contributed by atoms with Crippen LogP contribution in [0, 0.1) is 0 Å². The Balaban J connectivity index is 1.37. The molecule has 100 valence electrons. The van der Waals surface area contributed by atoms with E-state index in [4.69, 9.17) is 0 Å². The molecule has 2 nitrogen and oxygen atoms in total. The van der Waals surface area contributed by atoms with Gasteiger partial charge in [-0.2, -0.15) is 0 Å². The van der Waals surface area contributed by atoms with E-state index in [1.165, 1.54) is 77.3 Å². The van der Waals surface area contributed by atoms with Crippen molar-refractivity contribution in [3.05, 3.63) is 0 Å². The fourth-order valence-electron chi connectivity index (χ4n) is 2.96. The molecule has 2 aliphatic carbocycles. The number of nitrogens with zero attached hydrogens (tertiary/aromatic N) is 1. The molecule has 0 aliphatic heterocycles. The van der Waals surface area contributed by atoms with E-state index in [0.29, 0.717) is 0 Å². The van der Waals surface area contributed by atoms with E-state index in [1.807, 2.05) is 0 Å². The van der Waals surface area contributed by atoms with E-state index in [2.05, 4.69) is 17.3 Å². The van der Waals surface area contributed by atoms with Crippen molar-refractivity contribution in [2.24, 2.45) is 0 Å². The van der Waals surface area contributed by atoms with Gasteiger partial charge in [-0.05, 0) is 58.7 Å². The number of rotatable bonds is 9. The summed E-state index contributed by atoms with van der Waals surface area (Å²) in [6.07, 6.45) is 14.3. The predicted molar refractivity (Wildman–Crippen MR) is 74.4 cm³/mol. The van der Waals surface area contributed by atoms with Gasteiger partial charge in [-0.25, -0.2) is 0 Å². The standard InChI is InChI=1S/C15H30N2/c1-17(15-8-4-5-9-15)13-7-3-2-6-12-16-14-10-11-14/h14-16H,2-13H2,1H3. The average Bonchev–Trinajstić information content (AvgIpc) is 2.99. The fraction of sp³-hybridized carbons (Fsp3) is 1.00. The van der Waals surface area contributed by atoms with E-state index in [1.54, 1.807) is 0 Å². The van der Waals surface area contributed by atoms with Gasteiger partial charge in [0.2, 0.25) is 0 Å². The third kappa shape index (κ3) is 5.39. The zero-order valence-corrected chi connectivity index (χ0v) is 11.6. The number of hydrogen-bond donors (Lipinski definition) is 1. The summed E-state index contributed by atoms with van der Waals surface area (Å²) >= 11 is 0. The lowest BCUT2D eigenvalue weighted by atomic mass is 10.1. The first-order valence-corrected chi connectivity index (χ1v) is 7.80. The maximum Gasteiger partial charge on any atom is 0.00922 e. The van der Waals surface area contributed by atoms with Crippen LogP contribution in [0.25, 0.3) is 0 Å². The highest BCUT2D eigenvalue weighted by molar-refractivity contribution is 4.80. The first-order chi connectivity index (χ1) is 8.36. The van der Waals surface area contributed by atoms with E-state index < -0.39 is 0 Å². The summed E-state index contributed by atoms with van der Waals surface area (Å²) in [6, 6.07) is 1.80. The van der Waals surface area contributed by atoms with Gasteiger partial charge in [0.1, 0.15) is 0 Å². The van der Waals surface area contributed by atoms with Gasteiger partial charge in [0.15, 0.2) is 0 Å². The lowest BCUT2D eigenvalue weighted by Gasteiger charge is -2.23. The smallest absolute Gasteiger partial charge is 0.00922 e. The first kappa shape index (κ1) is 13.4. The second kappa shape index (κ2) is 7.38. The molecule has 0 aromatic rings. The maximum atomic E-state index is 3.59. The van der Waals surface area contributed by atoms with Crippen molar-refractivity contribution in [1.82, 2.24) is 10.2 Å². The molecule has 0 heterocycles. The molecular formula is C15H30N2. The Bertz CT molecular complexity index is 195. The molecule has 2 saturated carbocycles. The van der Waals surface area contributed by atoms with Crippen LogP contribution in [-0.4, -0.2) is 37.1 Å². The molecule has 2 rings (SSSR count). The van der Waals surface area contributed by atoms with E-state index in [9.17, 15) is 0 Å². The van der Waals surface area contributed by atoms with Crippen molar-refractivity contribution >= 4 is 0 Å². The summed E-state index contributed by atoms with van der Waals surface area (Å²) in [5, 5.41) is 3.59. The van der Waals surface area contributed by atoms with Crippen LogP contribution in [0.3, 0.4) is 0 Å². The molecule has 0 saturated heterocycles. The van der Waals surface area contributed by atoms with Crippen molar-refractivity contribution in [2.75, 3.05) is 20.1 Å². The lowest BCUT2D eigenvalue weighted by Crippen LogP contribution is -2.29. The Morgan fingerprint density at radius 3 is 2.35 bits per heavy atom. The summed E-state index contributed by atoms with van der Waals surface area (Å²) in [7, 11) is 2.32. The average molecular weight is 238 g/mol. The minimum Gasteiger partial charge on any atom is -0.314 e. The van der Waals surface area contributed by atoms with Crippen LogP contribution in [0.1, 0.15) is 64.2 Å². The molecule has 0 atom stereocenters. The van der Waals surface area contributed by atoms with Gasteiger partial charge in [0, 0.05) is 12.1 Å². The van der Waals surface area contributed by atoms with Crippen molar-refractivity contribution < 1.29 is 0 Å². The van der Waals surface area contributed by atoms with Crippen LogP contribution >= 0.6 is 0 Å². The Morgan fingerprint density at radius 2 is 1.65 bits per heavy atom. The van der Waals surface area contributed by atoms with Gasteiger partial charge in [-0.1, -0.05) is 25.7 Å². The molecular weight excluding hydrogens is 208 g/mol. The predicted octanol–water partition coefficient (Wildman–Crippen LogP) is 3.17. The SMILES string of the molecule is CN(CCCCCCNC1CC1)C1CCCC1.